The number of hydrogen-bond acceptors (Lipinski definition) is 4. The highest BCUT2D eigenvalue weighted by Crippen LogP contribution is 2.07. The number of hydrogen-bond donors (Lipinski definition) is 4. The maximum Gasteiger partial charge on any atom is 0.251 e. The molecule has 126 valence electrons. The van der Waals surface area contributed by atoms with E-state index in [1.54, 1.807) is 24.3 Å². The summed E-state index contributed by atoms with van der Waals surface area (Å²) in [7, 11) is 0. The van der Waals surface area contributed by atoms with Gasteiger partial charge < -0.3 is 22.1 Å². The van der Waals surface area contributed by atoms with Crippen molar-refractivity contribution in [2.75, 3.05) is 6.54 Å². The van der Waals surface area contributed by atoms with Crippen LogP contribution < -0.4 is 22.1 Å². The second kappa shape index (κ2) is 8.89. The molecule has 0 aliphatic rings. The Bertz CT molecular complexity index is 557. The molecule has 0 fully saturated rings. The van der Waals surface area contributed by atoms with Crippen molar-refractivity contribution in [1.29, 1.82) is 0 Å². The molecule has 0 saturated heterocycles. The number of nitrogens with one attached hydrogen (secondary N) is 2. The van der Waals surface area contributed by atoms with Gasteiger partial charge in [0.05, 0.1) is 12.6 Å². The van der Waals surface area contributed by atoms with Crippen LogP contribution in [-0.2, 0) is 16.1 Å². The third-order valence-corrected chi connectivity index (χ3v) is 3.67. The Morgan fingerprint density at radius 1 is 1.13 bits per heavy atom. The van der Waals surface area contributed by atoms with Gasteiger partial charge in [-0.05, 0) is 23.6 Å². The van der Waals surface area contributed by atoms with E-state index in [0.29, 0.717) is 12.1 Å². The molecule has 0 aliphatic heterocycles. The molecule has 0 aromatic heterocycles. The van der Waals surface area contributed by atoms with Gasteiger partial charge in [0.2, 0.25) is 11.8 Å². The van der Waals surface area contributed by atoms with Crippen LogP contribution in [0.1, 0.15) is 36.2 Å². The lowest BCUT2D eigenvalue weighted by Crippen LogP contribution is -2.44. The zero-order valence-corrected chi connectivity index (χ0v) is 13.5. The van der Waals surface area contributed by atoms with E-state index >= 15 is 0 Å². The van der Waals surface area contributed by atoms with Crippen molar-refractivity contribution in [3.8, 4) is 0 Å². The molecular weight excluding hydrogens is 296 g/mol. The van der Waals surface area contributed by atoms with E-state index in [2.05, 4.69) is 10.6 Å². The topological polar surface area (TPSA) is 127 Å². The van der Waals surface area contributed by atoms with E-state index in [9.17, 15) is 14.4 Å². The Morgan fingerprint density at radius 2 is 1.74 bits per heavy atom. The van der Waals surface area contributed by atoms with E-state index in [0.717, 1.165) is 12.0 Å². The van der Waals surface area contributed by atoms with Crippen molar-refractivity contribution < 1.29 is 14.4 Å². The highest BCUT2D eigenvalue weighted by molar-refractivity contribution is 5.96. The summed E-state index contributed by atoms with van der Waals surface area (Å²) in [6.07, 6.45) is 0.837. The predicted molar refractivity (Wildman–Crippen MR) is 87.2 cm³/mol. The van der Waals surface area contributed by atoms with Crippen LogP contribution in [0.5, 0.6) is 0 Å². The smallest absolute Gasteiger partial charge is 0.251 e. The Labute approximate surface area is 135 Å². The van der Waals surface area contributed by atoms with Gasteiger partial charge >= 0.3 is 0 Å². The molecule has 7 nitrogen and oxygen atoms in total. The summed E-state index contributed by atoms with van der Waals surface area (Å²) in [5.74, 6) is -1.05. The normalized spacial score (nSPS) is 13.0. The maximum absolute atomic E-state index is 11.9. The molecule has 0 spiro atoms. The van der Waals surface area contributed by atoms with Gasteiger partial charge in [-0.15, -0.1) is 0 Å². The molecule has 23 heavy (non-hydrogen) atoms. The van der Waals surface area contributed by atoms with Crippen LogP contribution in [0.4, 0.5) is 0 Å². The van der Waals surface area contributed by atoms with Crippen molar-refractivity contribution in [2.24, 2.45) is 17.4 Å². The third-order valence-electron chi connectivity index (χ3n) is 3.67. The molecule has 0 heterocycles. The number of carbonyl (C=O) groups is 3. The second-order valence-electron chi connectivity index (χ2n) is 5.48. The van der Waals surface area contributed by atoms with E-state index in [-0.39, 0.29) is 24.3 Å². The van der Waals surface area contributed by atoms with Crippen LogP contribution >= 0.6 is 0 Å². The number of primary amides is 1. The lowest BCUT2D eigenvalue weighted by Gasteiger charge is -2.17. The number of nitrogens with two attached hydrogens (primary N) is 2. The molecule has 2 atom stereocenters. The van der Waals surface area contributed by atoms with E-state index in [1.165, 1.54) is 0 Å². The Hall–Kier alpha value is -2.41. The van der Waals surface area contributed by atoms with E-state index < -0.39 is 11.9 Å². The second-order valence-corrected chi connectivity index (χ2v) is 5.48. The molecule has 1 aromatic rings. The molecule has 1 aromatic carbocycles. The lowest BCUT2D eigenvalue weighted by atomic mass is 9.99. The predicted octanol–water partition coefficient (Wildman–Crippen LogP) is -0.109. The number of rotatable bonds is 8. The number of carbonyl (C=O) groups excluding carboxylic acids is 3. The number of benzene rings is 1. The lowest BCUT2D eigenvalue weighted by molar-refractivity contribution is -0.123. The summed E-state index contributed by atoms with van der Waals surface area (Å²) in [5, 5.41) is 5.18. The quantitative estimate of drug-likeness (QED) is 0.533. The van der Waals surface area contributed by atoms with Gasteiger partial charge in [0.25, 0.3) is 5.91 Å². The minimum atomic E-state index is -0.602. The first-order valence-corrected chi connectivity index (χ1v) is 7.53. The first-order valence-electron chi connectivity index (χ1n) is 7.53. The fourth-order valence-corrected chi connectivity index (χ4v) is 1.86. The van der Waals surface area contributed by atoms with Crippen molar-refractivity contribution in [3.05, 3.63) is 35.4 Å². The zero-order valence-electron chi connectivity index (χ0n) is 13.5. The summed E-state index contributed by atoms with van der Waals surface area (Å²) in [5.41, 5.74) is 12.1. The van der Waals surface area contributed by atoms with Crippen LogP contribution in [-0.4, -0.2) is 30.3 Å². The van der Waals surface area contributed by atoms with Crippen molar-refractivity contribution in [3.63, 3.8) is 0 Å². The van der Waals surface area contributed by atoms with Crippen LogP contribution in [0.3, 0.4) is 0 Å². The minimum absolute atomic E-state index is 0.117. The van der Waals surface area contributed by atoms with Gasteiger partial charge in [0, 0.05) is 12.1 Å². The standard InChI is InChI=1S/C16H24N4O3/c1-3-10(2)14(18)16(23)19-8-11-4-6-12(7-5-11)15(22)20-9-13(17)21/h4-7,10,14H,3,8-9,18H2,1-2H3,(H2,17,21)(H,19,23)(H,20,22). The Kier molecular flexibility index (Phi) is 7.21. The first kappa shape index (κ1) is 18.6. The number of amides is 3. The van der Waals surface area contributed by atoms with Crippen molar-refractivity contribution >= 4 is 17.7 Å². The van der Waals surface area contributed by atoms with Crippen LogP contribution in [0, 0.1) is 5.92 Å². The third kappa shape index (κ3) is 6.07. The van der Waals surface area contributed by atoms with Crippen molar-refractivity contribution in [1.82, 2.24) is 10.6 Å². The molecular formula is C16H24N4O3. The summed E-state index contributed by atoms with van der Waals surface area (Å²) in [6, 6.07) is 6.17. The molecule has 2 unspecified atom stereocenters. The van der Waals surface area contributed by atoms with E-state index in [4.69, 9.17) is 11.5 Å². The molecule has 0 bridgehead atoms. The highest BCUT2D eigenvalue weighted by atomic mass is 16.2. The monoisotopic (exact) mass is 320 g/mol. The van der Waals surface area contributed by atoms with Crippen LogP contribution in [0.2, 0.25) is 0 Å². The summed E-state index contributed by atoms with van der Waals surface area (Å²) < 4.78 is 0. The van der Waals surface area contributed by atoms with E-state index in [1.807, 2.05) is 13.8 Å². The maximum atomic E-state index is 11.9. The molecule has 0 saturated carbocycles. The average molecular weight is 320 g/mol. The van der Waals surface area contributed by atoms with Gasteiger partial charge in [-0.3, -0.25) is 14.4 Å². The summed E-state index contributed by atoms with van der Waals surface area (Å²) >= 11 is 0. The Balaban J connectivity index is 2.52. The largest absolute Gasteiger partial charge is 0.368 e. The molecule has 0 aliphatic carbocycles. The SMILES string of the molecule is CCC(C)C(N)C(=O)NCc1ccc(C(=O)NCC(N)=O)cc1. The molecule has 1 rings (SSSR count). The molecule has 0 radical (unpaired) electrons. The van der Waals surface area contributed by atoms with Gasteiger partial charge in [-0.25, -0.2) is 0 Å². The first-order chi connectivity index (χ1) is 10.8. The average Bonchev–Trinajstić information content (AvgIpc) is 2.56. The van der Waals surface area contributed by atoms with Crippen molar-refractivity contribution in [2.45, 2.75) is 32.9 Å². The highest BCUT2D eigenvalue weighted by Gasteiger charge is 2.18. The fourth-order valence-electron chi connectivity index (χ4n) is 1.86. The zero-order chi connectivity index (χ0) is 17.4. The van der Waals surface area contributed by atoms with Gasteiger partial charge in [-0.2, -0.15) is 0 Å². The molecule has 3 amide bonds. The summed E-state index contributed by atoms with van der Waals surface area (Å²) in [4.78, 5) is 34.2. The van der Waals surface area contributed by atoms with Gasteiger partial charge in [0.15, 0.2) is 0 Å². The minimum Gasteiger partial charge on any atom is -0.368 e. The van der Waals surface area contributed by atoms with Crippen LogP contribution in [0.25, 0.3) is 0 Å². The van der Waals surface area contributed by atoms with Crippen LogP contribution in [0.15, 0.2) is 24.3 Å². The Morgan fingerprint density at radius 3 is 2.26 bits per heavy atom. The van der Waals surface area contributed by atoms with Gasteiger partial charge in [-0.1, -0.05) is 32.4 Å². The fraction of sp³-hybridized carbons (Fsp3) is 0.438. The van der Waals surface area contributed by atoms with Gasteiger partial charge in [0.1, 0.15) is 0 Å². The molecule has 7 heteroatoms. The summed E-state index contributed by atoms with van der Waals surface area (Å²) in [6.45, 7) is 4.06. The molecule has 6 N–H and O–H groups in total.